The molecule has 2 atom stereocenters. The van der Waals surface area contributed by atoms with Crippen molar-refractivity contribution in [2.24, 2.45) is 0 Å². The monoisotopic (exact) mass is 281 g/mol. The molecule has 0 saturated heterocycles. The number of amides is 1. The van der Waals surface area contributed by atoms with Crippen molar-refractivity contribution in [3.63, 3.8) is 0 Å². The number of aliphatic carboxylic acids is 1. The van der Waals surface area contributed by atoms with E-state index in [2.05, 4.69) is 5.32 Å². The van der Waals surface area contributed by atoms with Gasteiger partial charge in [0.1, 0.15) is 5.54 Å². The van der Waals surface area contributed by atoms with Crippen LogP contribution in [-0.2, 0) is 4.79 Å². The summed E-state index contributed by atoms with van der Waals surface area (Å²) < 4.78 is 0. The average molecular weight is 281 g/mol. The number of carbonyl (C=O) groups excluding carboxylic acids is 1. The van der Waals surface area contributed by atoms with Gasteiger partial charge in [0.15, 0.2) is 0 Å². The molecule has 0 aliphatic heterocycles. The molecule has 106 valence electrons. The van der Waals surface area contributed by atoms with Gasteiger partial charge in [0.2, 0.25) is 0 Å². The van der Waals surface area contributed by atoms with E-state index < -0.39 is 11.5 Å². The van der Waals surface area contributed by atoms with E-state index in [4.69, 9.17) is 0 Å². The Morgan fingerprint density at radius 1 is 1.00 bits per heavy atom. The first-order chi connectivity index (χ1) is 10.1. The number of hydrogen-bond donors (Lipinski definition) is 2. The number of carboxylic acids is 1. The molecule has 4 nitrogen and oxygen atoms in total. The molecule has 0 unspecified atom stereocenters. The van der Waals surface area contributed by atoms with Crippen molar-refractivity contribution in [2.45, 2.75) is 17.9 Å². The second-order valence-electron chi connectivity index (χ2n) is 5.26. The van der Waals surface area contributed by atoms with Gasteiger partial charge in [-0.1, -0.05) is 48.5 Å². The minimum atomic E-state index is -1.19. The molecule has 1 aliphatic carbocycles. The fraction of sp³-hybridized carbons (Fsp3) is 0.176. The lowest BCUT2D eigenvalue weighted by molar-refractivity contribution is -0.140. The normalized spacial score (nSPS) is 23.3. The first-order valence-corrected chi connectivity index (χ1v) is 6.79. The van der Waals surface area contributed by atoms with E-state index in [9.17, 15) is 14.7 Å². The second-order valence-corrected chi connectivity index (χ2v) is 5.26. The molecule has 2 aromatic rings. The number of nitrogens with one attached hydrogen (secondary N) is 1. The zero-order chi connectivity index (χ0) is 14.9. The molecule has 2 N–H and O–H groups in total. The van der Waals surface area contributed by atoms with Crippen LogP contribution in [0.4, 0.5) is 0 Å². The molecular formula is C17H15NO3. The van der Waals surface area contributed by atoms with Gasteiger partial charge in [0.05, 0.1) is 0 Å². The maximum atomic E-state index is 12.2. The summed E-state index contributed by atoms with van der Waals surface area (Å²) in [6.45, 7) is 0. The van der Waals surface area contributed by atoms with Crippen LogP contribution in [0.5, 0.6) is 0 Å². The molecule has 3 rings (SSSR count). The van der Waals surface area contributed by atoms with Gasteiger partial charge in [-0.3, -0.25) is 4.79 Å². The average Bonchev–Trinajstić information content (AvgIpc) is 3.25. The smallest absolute Gasteiger partial charge is 0.330 e. The Labute approximate surface area is 122 Å². The molecule has 1 fully saturated rings. The Kier molecular flexibility index (Phi) is 3.22. The lowest BCUT2D eigenvalue weighted by atomic mass is 10.1. The maximum absolute atomic E-state index is 12.2. The van der Waals surface area contributed by atoms with Gasteiger partial charge in [0, 0.05) is 11.5 Å². The van der Waals surface area contributed by atoms with E-state index in [0.29, 0.717) is 12.0 Å². The Balaban J connectivity index is 1.82. The van der Waals surface area contributed by atoms with Crippen molar-refractivity contribution in [1.82, 2.24) is 5.32 Å². The summed E-state index contributed by atoms with van der Waals surface area (Å²) in [4.78, 5) is 23.8. The van der Waals surface area contributed by atoms with Crippen LogP contribution in [0.1, 0.15) is 28.3 Å². The first-order valence-electron chi connectivity index (χ1n) is 6.79. The first kappa shape index (κ1) is 13.4. The van der Waals surface area contributed by atoms with Crippen molar-refractivity contribution in [1.29, 1.82) is 0 Å². The molecule has 1 saturated carbocycles. The number of carbonyl (C=O) groups is 2. The van der Waals surface area contributed by atoms with E-state index in [1.165, 1.54) is 0 Å². The highest BCUT2D eigenvalue weighted by atomic mass is 16.4. The minimum Gasteiger partial charge on any atom is -0.479 e. The minimum absolute atomic E-state index is 0.177. The Morgan fingerprint density at radius 2 is 1.57 bits per heavy atom. The fourth-order valence-corrected chi connectivity index (χ4v) is 2.64. The van der Waals surface area contributed by atoms with Crippen molar-refractivity contribution in [3.05, 3.63) is 71.8 Å². The van der Waals surface area contributed by atoms with Crippen molar-refractivity contribution in [3.8, 4) is 0 Å². The van der Waals surface area contributed by atoms with E-state index in [1.807, 2.05) is 36.4 Å². The highest BCUT2D eigenvalue weighted by Crippen LogP contribution is 2.51. The molecule has 0 radical (unpaired) electrons. The molecule has 2 aromatic carbocycles. The van der Waals surface area contributed by atoms with E-state index in [-0.39, 0.29) is 11.8 Å². The summed E-state index contributed by atoms with van der Waals surface area (Å²) >= 11 is 0. The zero-order valence-corrected chi connectivity index (χ0v) is 11.3. The quantitative estimate of drug-likeness (QED) is 0.904. The Morgan fingerprint density at radius 3 is 2.14 bits per heavy atom. The third-order valence-corrected chi connectivity index (χ3v) is 3.92. The van der Waals surface area contributed by atoms with Crippen LogP contribution in [-0.4, -0.2) is 22.5 Å². The van der Waals surface area contributed by atoms with Crippen LogP contribution in [0.2, 0.25) is 0 Å². The molecule has 4 heteroatoms. The molecule has 1 amide bonds. The van der Waals surface area contributed by atoms with E-state index >= 15 is 0 Å². The molecule has 21 heavy (non-hydrogen) atoms. The second kappa shape index (κ2) is 5.05. The molecular weight excluding hydrogens is 266 g/mol. The van der Waals surface area contributed by atoms with Gasteiger partial charge in [-0.05, 0) is 24.1 Å². The highest BCUT2D eigenvalue weighted by Gasteiger charge is 2.62. The van der Waals surface area contributed by atoms with Crippen LogP contribution < -0.4 is 5.32 Å². The summed E-state index contributed by atoms with van der Waals surface area (Å²) in [6.07, 6.45) is 0.422. The van der Waals surface area contributed by atoms with Crippen molar-refractivity contribution in [2.75, 3.05) is 0 Å². The SMILES string of the molecule is O=C(N[C@@]1(C(=O)O)C[C@H]1c1ccccc1)c1ccccc1. The van der Waals surface area contributed by atoms with E-state index in [0.717, 1.165) is 5.56 Å². The van der Waals surface area contributed by atoms with Gasteiger partial charge < -0.3 is 10.4 Å². The number of benzene rings is 2. The fourth-order valence-electron chi connectivity index (χ4n) is 2.64. The van der Waals surface area contributed by atoms with Gasteiger partial charge in [-0.2, -0.15) is 0 Å². The van der Waals surface area contributed by atoms with Gasteiger partial charge >= 0.3 is 5.97 Å². The van der Waals surface area contributed by atoms with Crippen LogP contribution in [0, 0.1) is 0 Å². The predicted molar refractivity (Wildman–Crippen MR) is 78.1 cm³/mol. The summed E-state index contributed by atoms with van der Waals surface area (Å²) in [5, 5.41) is 12.2. The summed E-state index contributed by atoms with van der Waals surface area (Å²) in [6, 6.07) is 18.1. The lowest BCUT2D eigenvalue weighted by Gasteiger charge is -2.15. The lowest BCUT2D eigenvalue weighted by Crippen LogP contribution is -2.44. The zero-order valence-electron chi connectivity index (χ0n) is 11.3. The highest BCUT2D eigenvalue weighted by molar-refractivity contribution is 5.99. The summed E-state index contributed by atoms with van der Waals surface area (Å²) in [5.41, 5.74) is 0.221. The Bertz CT molecular complexity index is 669. The Hall–Kier alpha value is -2.62. The molecule has 1 aliphatic rings. The topological polar surface area (TPSA) is 66.4 Å². The van der Waals surface area contributed by atoms with Crippen molar-refractivity contribution >= 4 is 11.9 Å². The summed E-state index contributed by atoms with van der Waals surface area (Å²) in [5.74, 6) is -1.51. The van der Waals surface area contributed by atoms with Crippen LogP contribution in [0.15, 0.2) is 60.7 Å². The van der Waals surface area contributed by atoms with Gasteiger partial charge in [0.25, 0.3) is 5.91 Å². The summed E-state index contributed by atoms with van der Waals surface area (Å²) in [7, 11) is 0. The largest absolute Gasteiger partial charge is 0.479 e. The molecule has 0 spiro atoms. The standard InChI is InChI=1S/C17H15NO3/c19-15(13-9-5-2-6-10-13)18-17(16(20)21)11-14(17)12-7-3-1-4-8-12/h1-10,14H,11H2,(H,18,19)(H,20,21)/t14-,17-/m0/s1. The third-order valence-electron chi connectivity index (χ3n) is 3.92. The molecule has 0 heterocycles. The van der Waals surface area contributed by atoms with Crippen molar-refractivity contribution < 1.29 is 14.7 Å². The van der Waals surface area contributed by atoms with Gasteiger partial charge in [-0.25, -0.2) is 4.79 Å². The maximum Gasteiger partial charge on any atom is 0.330 e. The van der Waals surface area contributed by atoms with Crippen LogP contribution in [0.25, 0.3) is 0 Å². The van der Waals surface area contributed by atoms with E-state index in [1.54, 1.807) is 24.3 Å². The number of carboxylic acid groups (broad SMARTS) is 1. The van der Waals surface area contributed by atoms with Crippen LogP contribution in [0.3, 0.4) is 0 Å². The predicted octanol–water partition coefficient (Wildman–Crippen LogP) is 2.43. The number of hydrogen-bond acceptors (Lipinski definition) is 2. The number of rotatable bonds is 4. The van der Waals surface area contributed by atoms with Crippen LogP contribution >= 0.6 is 0 Å². The third kappa shape index (κ3) is 2.40. The molecule has 0 aromatic heterocycles. The van der Waals surface area contributed by atoms with Gasteiger partial charge in [-0.15, -0.1) is 0 Å². The molecule has 0 bridgehead atoms.